The van der Waals surface area contributed by atoms with E-state index in [9.17, 15) is 0 Å². The van der Waals surface area contributed by atoms with Crippen molar-refractivity contribution in [3.8, 4) is 0 Å². The van der Waals surface area contributed by atoms with Gasteiger partial charge in [-0.1, -0.05) is 13.8 Å². The van der Waals surface area contributed by atoms with Crippen molar-refractivity contribution < 1.29 is 4.84 Å². The van der Waals surface area contributed by atoms with E-state index in [1.807, 2.05) is 19.3 Å². The van der Waals surface area contributed by atoms with E-state index in [2.05, 4.69) is 30.0 Å². The van der Waals surface area contributed by atoms with Crippen LogP contribution in [-0.2, 0) is 18.4 Å². The van der Waals surface area contributed by atoms with Crippen LogP contribution in [0.15, 0.2) is 18.3 Å². The Balaban J connectivity index is 2.17. The third kappa shape index (κ3) is 3.61. The first-order chi connectivity index (χ1) is 6.20. The molecule has 1 rings (SSSR count). The fraction of sp³-hybridized carbons (Fsp3) is 0.600. The number of hydroxylamine groups is 1. The Labute approximate surface area is 79.7 Å². The third-order valence-electron chi connectivity index (χ3n) is 1.82. The number of hydrogen-bond acceptors (Lipinski definition) is 2. The fourth-order valence-corrected chi connectivity index (χ4v) is 1.03. The molecule has 0 radical (unpaired) electrons. The van der Waals surface area contributed by atoms with Crippen molar-refractivity contribution in [2.24, 2.45) is 13.0 Å². The van der Waals surface area contributed by atoms with Gasteiger partial charge in [0.05, 0.1) is 13.2 Å². The summed E-state index contributed by atoms with van der Waals surface area (Å²) in [5.74, 6) is 0.570. The Hall–Kier alpha value is -0.800. The molecule has 3 heteroatoms. The summed E-state index contributed by atoms with van der Waals surface area (Å²) in [7, 11) is 2.03. The predicted octanol–water partition coefficient (Wildman–Crippen LogP) is 1.70. The summed E-state index contributed by atoms with van der Waals surface area (Å²) in [6.45, 7) is 5.77. The molecule has 0 saturated heterocycles. The molecule has 0 amide bonds. The Morgan fingerprint density at radius 2 is 2.31 bits per heavy atom. The minimum Gasteiger partial charge on any atom is -0.353 e. The molecule has 1 heterocycles. The van der Waals surface area contributed by atoms with Crippen molar-refractivity contribution in [3.63, 3.8) is 0 Å². The molecule has 0 aliphatic heterocycles. The third-order valence-corrected chi connectivity index (χ3v) is 1.82. The minimum atomic E-state index is 0.570. The lowest BCUT2D eigenvalue weighted by molar-refractivity contribution is 0.0186. The Morgan fingerprint density at radius 1 is 1.54 bits per heavy atom. The SMILES string of the molecule is CC(C)CONCc1cccn1C. The van der Waals surface area contributed by atoms with Crippen molar-refractivity contribution in [2.45, 2.75) is 20.4 Å². The van der Waals surface area contributed by atoms with E-state index in [1.165, 1.54) is 5.69 Å². The van der Waals surface area contributed by atoms with Gasteiger partial charge in [0.2, 0.25) is 0 Å². The molecule has 13 heavy (non-hydrogen) atoms. The van der Waals surface area contributed by atoms with Gasteiger partial charge in [-0.25, -0.2) is 0 Å². The highest BCUT2D eigenvalue weighted by molar-refractivity contribution is 5.05. The van der Waals surface area contributed by atoms with Crippen LogP contribution in [0.1, 0.15) is 19.5 Å². The summed E-state index contributed by atoms with van der Waals surface area (Å²) in [6.07, 6.45) is 2.03. The number of nitrogens with one attached hydrogen (secondary N) is 1. The molecule has 0 unspecified atom stereocenters. The Kier molecular flexibility index (Phi) is 3.99. The van der Waals surface area contributed by atoms with Crippen LogP contribution in [0.2, 0.25) is 0 Å². The topological polar surface area (TPSA) is 26.2 Å². The van der Waals surface area contributed by atoms with Crippen LogP contribution in [0.5, 0.6) is 0 Å². The molecule has 0 bridgehead atoms. The van der Waals surface area contributed by atoms with Crippen LogP contribution in [-0.4, -0.2) is 11.2 Å². The van der Waals surface area contributed by atoms with Gasteiger partial charge in [-0.2, -0.15) is 5.48 Å². The summed E-state index contributed by atoms with van der Waals surface area (Å²) in [6, 6.07) is 4.10. The lowest BCUT2D eigenvalue weighted by Crippen LogP contribution is -2.18. The largest absolute Gasteiger partial charge is 0.353 e. The highest BCUT2D eigenvalue weighted by atomic mass is 16.6. The van der Waals surface area contributed by atoms with E-state index in [0.29, 0.717) is 5.92 Å². The van der Waals surface area contributed by atoms with Gasteiger partial charge in [0.25, 0.3) is 0 Å². The van der Waals surface area contributed by atoms with Gasteiger partial charge in [-0.15, -0.1) is 0 Å². The summed E-state index contributed by atoms with van der Waals surface area (Å²) < 4.78 is 2.08. The molecule has 1 aromatic rings. The van der Waals surface area contributed by atoms with Gasteiger partial charge in [-0.05, 0) is 18.1 Å². The Morgan fingerprint density at radius 3 is 2.85 bits per heavy atom. The molecule has 0 fully saturated rings. The van der Waals surface area contributed by atoms with Gasteiger partial charge in [0, 0.05) is 18.9 Å². The maximum Gasteiger partial charge on any atom is 0.0705 e. The van der Waals surface area contributed by atoms with Crippen molar-refractivity contribution in [1.29, 1.82) is 0 Å². The monoisotopic (exact) mass is 182 g/mol. The van der Waals surface area contributed by atoms with Crippen molar-refractivity contribution >= 4 is 0 Å². The van der Waals surface area contributed by atoms with E-state index in [1.54, 1.807) is 0 Å². The Bertz CT molecular complexity index is 243. The molecular weight excluding hydrogens is 164 g/mol. The second-order valence-corrected chi connectivity index (χ2v) is 3.64. The van der Waals surface area contributed by atoms with E-state index in [-0.39, 0.29) is 0 Å². The zero-order valence-electron chi connectivity index (χ0n) is 8.58. The van der Waals surface area contributed by atoms with Crippen molar-refractivity contribution in [1.82, 2.24) is 10.0 Å². The smallest absolute Gasteiger partial charge is 0.0705 e. The van der Waals surface area contributed by atoms with Crippen molar-refractivity contribution in [2.75, 3.05) is 6.61 Å². The highest BCUT2D eigenvalue weighted by Crippen LogP contribution is 1.98. The van der Waals surface area contributed by atoms with Gasteiger partial charge in [0.1, 0.15) is 0 Å². The normalized spacial score (nSPS) is 11.1. The lowest BCUT2D eigenvalue weighted by Gasteiger charge is -2.08. The quantitative estimate of drug-likeness (QED) is 0.554. The van der Waals surface area contributed by atoms with Crippen LogP contribution in [0.3, 0.4) is 0 Å². The molecule has 0 aliphatic carbocycles. The molecular formula is C10H18N2O. The molecule has 3 nitrogen and oxygen atoms in total. The summed E-state index contributed by atoms with van der Waals surface area (Å²) in [5.41, 5.74) is 4.16. The molecule has 0 aliphatic rings. The standard InChI is InChI=1S/C10H18N2O/c1-9(2)8-13-11-7-10-5-4-6-12(10)3/h4-6,9,11H,7-8H2,1-3H3. The average molecular weight is 182 g/mol. The van der Waals surface area contributed by atoms with Crippen LogP contribution in [0.25, 0.3) is 0 Å². The van der Waals surface area contributed by atoms with Crippen LogP contribution in [0, 0.1) is 5.92 Å². The first-order valence-corrected chi connectivity index (χ1v) is 4.65. The van der Waals surface area contributed by atoms with E-state index < -0.39 is 0 Å². The predicted molar refractivity (Wildman–Crippen MR) is 53.0 cm³/mol. The van der Waals surface area contributed by atoms with Gasteiger partial charge >= 0.3 is 0 Å². The number of hydrogen-bond donors (Lipinski definition) is 1. The molecule has 74 valence electrons. The average Bonchev–Trinajstić information content (AvgIpc) is 2.45. The van der Waals surface area contributed by atoms with Crippen LogP contribution in [0.4, 0.5) is 0 Å². The summed E-state index contributed by atoms with van der Waals surface area (Å²) >= 11 is 0. The second kappa shape index (κ2) is 5.04. The van der Waals surface area contributed by atoms with Crippen LogP contribution >= 0.6 is 0 Å². The summed E-state index contributed by atoms with van der Waals surface area (Å²) in [4.78, 5) is 5.26. The van der Waals surface area contributed by atoms with E-state index >= 15 is 0 Å². The maximum atomic E-state index is 5.26. The fourth-order valence-electron chi connectivity index (χ4n) is 1.03. The zero-order valence-corrected chi connectivity index (χ0v) is 8.58. The summed E-state index contributed by atoms with van der Waals surface area (Å²) in [5, 5.41) is 0. The van der Waals surface area contributed by atoms with Crippen LogP contribution < -0.4 is 5.48 Å². The molecule has 0 saturated carbocycles. The van der Waals surface area contributed by atoms with E-state index in [4.69, 9.17) is 4.84 Å². The number of aromatic nitrogens is 1. The van der Waals surface area contributed by atoms with Gasteiger partial charge in [-0.3, -0.25) is 0 Å². The number of aryl methyl sites for hydroxylation is 1. The first kappa shape index (κ1) is 10.3. The zero-order chi connectivity index (χ0) is 9.68. The molecule has 0 aromatic carbocycles. The van der Waals surface area contributed by atoms with Gasteiger partial charge < -0.3 is 9.40 Å². The molecule has 1 aromatic heterocycles. The number of nitrogens with zero attached hydrogens (tertiary/aromatic N) is 1. The van der Waals surface area contributed by atoms with Crippen molar-refractivity contribution in [3.05, 3.63) is 24.0 Å². The highest BCUT2D eigenvalue weighted by Gasteiger charge is 1.97. The maximum absolute atomic E-state index is 5.26. The number of rotatable bonds is 5. The molecule has 0 spiro atoms. The first-order valence-electron chi connectivity index (χ1n) is 4.65. The molecule has 0 atom stereocenters. The lowest BCUT2D eigenvalue weighted by atomic mass is 10.2. The minimum absolute atomic E-state index is 0.570. The van der Waals surface area contributed by atoms with Gasteiger partial charge in [0.15, 0.2) is 0 Å². The second-order valence-electron chi connectivity index (χ2n) is 3.64. The van der Waals surface area contributed by atoms with E-state index in [0.717, 1.165) is 13.2 Å². The molecule has 1 N–H and O–H groups in total.